The van der Waals surface area contributed by atoms with Crippen LogP contribution in [0, 0.1) is 35.3 Å². The summed E-state index contributed by atoms with van der Waals surface area (Å²) in [4.78, 5) is 0. The van der Waals surface area contributed by atoms with E-state index in [-0.39, 0.29) is 66.3 Å². The van der Waals surface area contributed by atoms with Gasteiger partial charge in [-0.05, 0) is 0 Å². The Morgan fingerprint density at radius 2 is 0.500 bits per heavy atom. The van der Waals surface area contributed by atoms with Crippen molar-refractivity contribution >= 4 is 0 Å². The molecule has 56 valence electrons. The van der Waals surface area contributed by atoms with E-state index in [4.69, 9.17) is 1.90 Å². The third-order valence-electron chi connectivity index (χ3n) is 0. The van der Waals surface area contributed by atoms with Crippen LogP contribution in [0.5, 0.6) is 0 Å². The van der Waals surface area contributed by atoms with Crippen molar-refractivity contribution in [3.05, 3.63) is 0 Å². The van der Waals surface area contributed by atoms with Crippen LogP contribution in [0.1, 0.15) is 0 Å². The summed E-state index contributed by atoms with van der Waals surface area (Å²) in [5.74, 6) is 0. The van der Waals surface area contributed by atoms with Gasteiger partial charge in [0, 0.05) is 0 Å². The summed E-state index contributed by atoms with van der Waals surface area (Å²) in [6, 6.07) is 0. The van der Waals surface area contributed by atoms with Crippen LogP contribution in [0.2, 0.25) is 0 Å². The summed E-state index contributed by atoms with van der Waals surface area (Å²) >= 11 is 0.167. The minimum atomic E-state index is 0. The van der Waals surface area contributed by atoms with E-state index in [1.807, 2.05) is 0 Å². The molecule has 0 saturated heterocycles. The second kappa shape index (κ2) is 770. The van der Waals surface area contributed by atoms with Gasteiger partial charge in [-0.3, -0.25) is 0 Å². The molecule has 0 radical (unpaired) electrons. The van der Waals surface area contributed by atoms with E-state index >= 15 is 0 Å². The molecule has 0 aliphatic rings. The van der Waals surface area contributed by atoms with Crippen LogP contribution in [-0.2, 0) is 0 Å². The van der Waals surface area contributed by atoms with Gasteiger partial charge < -0.3 is 32.9 Å². The minimum absolute atomic E-state index is 0. The zero-order chi connectivity index (χ0) is 2.00. The van der Waals surface area contributed by atoms with E-state index < -0.39 is 0 Å². The first-order chi connectivity index (χ1) is 1.00. The summed E-state index contributed by atoms with van der Waals surface area (Å²) in [6.07, 6.45) is 0. The summed E-state index contributed by atoms with van der Waals surface area (Å²) in [5.41, 5.74) is 0. The van der Waals surface area contributed by atoms with E-state index in [0.717, 1.165) is 0 Å². The Bertz CT molecular complexity index is 13.2. The Balaban J connectivity index is -0.000000000333. The first-order valence-corrected chi connectivity index (χ1v) is 1.88. The summed E-state index contributed by atoms with van der Waals surface area (Å²) in [7, 11) is 0. The van der Waals surface area contributed by atoms with Crippen LogP contribution in [0.25, 0.3) is 0 Å². The molecule has 0 fully saturated rings. The van der Waals surface area contributed by atoms with Crippen molar-refractivity contribution in [2.75, 3.05) is 0 Å². The van der Waals surface area contributed by atoms with Gasteiger partial charge in [0.1, 0.15) is 0 Å². The van der Waals surface area contributed by atoms with Crippen LogP contribution in [-0.4, -0.2) is 32.9 Å². The van der Waals surface area contributed by atoms with Crippen LogP contribution < -0.4 is 0 Å². The maximum absolute atomic E-state index is 7.17. The molecule has 0 atom stereocenters. The van der Waals surface area contributed by atoms with E-state index in [9.17, 15) is 0 Å². The summed E-state index contributed by atoms with van der Waals surface area (Å²) in [6.45, 7) is 0. The Morgan fingerprint density at radius 1 is 0.500 bits per heavy atom. The molecular weight excluding hydrogens is 249 g/mol. The monoisotopic (exact) mass is 261 g/mol. The molecule has 8 heteroatoms. The fourth-order valence-corrected chi connectivity index (χ4v) is 0. The SMILES string of the molecule is O.O.O.O.O.O.[N]#[La]. The third-order valence-corrected chi connectivity index (χ3v) is 0. The quantitative estimate of drug-likeness (QED) is 0.411. The van der Waals surface area contributed by atoms with Crippen molar-refractivity contribution < 1.29 is 66.3 Å². The van der Waals surface area contributed by atoms with Gasteiger partial charge in [0.15, 0.2) is 0 Å². The predicted octanol–water partition coefficient (Wildman–Crippen LogP) is -4.93. The molecule has 0 heterocycles. The van der Waals surface area contributed by atoms with Gasteiger partial charge in [0.25, 0.3) is 0 Å². The van der Waals surface area contributed by atoms with Crippen molar-refractivity contribution in [1.82, 2.24) is 0 Å². The van der Waals surface area contributed by atoms with Crippen molar-refractivity contribution in [3.63, 3.8) is 0 Å². The Morgan fingerprint density at radius 3 is 0.500 bits per heavy atom. The second-order valence-electron chi connectivity index (χ2n) is 0. The molecule has 12 N–H and O–H groups in total. The van der Waals surface area contributed by atoms with E-state index in [2.05, 4.69) is 0 Å². The zero-order valence-corrected chi connectivity index (χ0v) is 7.65. The number of nitrogens with zero attached hydrogens (tertiary/aromatic N) is 1. The fraction of sp³-hybridized carbons (Fsp3) is 0. The van der Waals surface area contributed by atoms with E-state index in [0.29, 0.717) is 0 Å². The van der Waals surface area contributed by atoms with Gasteiger partial charge in [-0.25, -0.2) is 0 Å². The van der Waals surface area contributed by atoms with Crippen LogP contribution >= 0.6 is 0 Å². The van der Waals surface area contributed by atoms with Crippen molar-refractivity contribution in [2.45, 2.75) is 0 Å². The van der Waals surface area contributed by atoms with Gasteiger partial charge in [-0.15, -0.1) is 0 Å². The van der Waals surface area contributed by atoms with Gasteiger partial charge in [0.2, 0.25) is 0 Å². The molecule has 0 aliphatic carbocycles. The average molecular weight is 261 g/mol. The second-order valence-corrected chi connectivity index (χ2v) is 0. The van der Waals surface area contributed by atoms with Gasteiger partial charge in [-0.1, -0.05) is 0 Å². The molecule has 0 aromatic carbocycles. The van der Waals surface area contributed by atoms with Crippen LogP contribution in [0.3, 0.4) is 0 Å². The Labute approximate surface area is 68.0 Å². The maximum atomic E-state index is 7.17. The van der Waals surface area contributed by atoms with Crippen LogP contribution in [0.15, 0.2) is 0 Å². The first kappa shape index (κ1) is 184. The molecule has 0 rings (SSSR count). The molecule has 0 bridgehead atoms. The molecule has 0 aromatic heterocycles. The van der Waals surface area contributed by atoms with Gasteiger partial charge >= 0.3 is 35.3 Å². The van der Waals surface area contributed by atoms with Gasteiger partial charge in [0.05, 0.1) is 0 Å². The Hall–Kier alpha value is 0.665. The topological polar surface area (TPSA) is 213 Å². The summed E-state index contributed by atoms with van der Waals surface area (Å²) < 4.78 is 7.17. The molecule has 0 spiro atoms. The van der Waals surface area contributed by atoms with Crippen molar-refractivity contribution in [1.29, 1.82) is 1.90 Å². The normalized spacial score (nSPS) is 0.625. The standard InChI is InChI=1S/La.N.6H2O/h;;6*1H2. The molecule has 8 heavy (non-hydrogen) atoms. The molecule has 0 amide bonds. The Kier molecular flexibility index (Phi) is 17700. The van der Waals surface area contributed by atoms with Crippen molar-refractivity contribution in [2.24, 2.45) is 0 Å². The molecular formula is H12LaNO6. The molecule has 0 aliphatic heterocycles. The first-order valence-electron chi connectivity index (χ1n) is 0.258. The van der Waals surface area contributed by atoms with Gasteiger partial charge in [-0.2, -0.15) is 0 Å². The predicted molar refractivity (Wildman–Crippen MR) is 23.4 cm³/mol. The number of rotatable bonds is 0. The summed E-state index contributed by atoms with van der Waals surface area (Å²) in [5, 5.41) is 0. The molecule has 7 nitrogen and oxygen atoms in total. The molecule has 0 aromatic rings. The number of hydrogen-bond acceptors (Lipinski definition) is 1. The number of hydrogen-bond donors (Lipinski definition) is 0. The van der Waals surface area contributed by atoms with E-state index in [1.54, 1.807) is 0 Å². The van der Waals surface area contributed by atoms with E-state index in [1.165, 1.54) is 0 Å². The molecule has 0 unspecified atom stereocenters. The third kappa shape index (κ3) is 484. The average Bonchev–Trinajstić information content (AvgIpc) is 1.00. The van der Waals surface area contributed by atoms with Crippen molar-refractivity contribution in [3.8, 4) is 0 Å². The van der Waals surface area contributed by atoms with Crippen LogP contribution in [0.4, 0.5) is 0 Å². The fourth-order valence-electron chi connectivity index (χ4n) is 0. The molecule has 0 saturated carbocycles. The zero-order valence-electron chi connectivity index (χ0n) is 4.02.